The van der Waals surface area contributed by atoms with E-state index in [1.807, 2.05) is 36.4 Å². The molecule has 2 nitrogen and oxygen atoms in total. The van der Waals surface area contributed by atoms with Gasteiger partial charge in [-0.3, -0.25) is 0 Å². The maximum Gasteiger partial charge on any atom is 0.159 e. The predicted molar refractivity (Wildman–Crippen MR) is 80.5 cm³/mol. The molecule has 2 aromatic carbocycles. The normalized spacial score (nSPS) is 11.5. The molecule has 0 spiro atoms. The second-order valence-electron chi connectivity index (χ2n) is 3.70. The van der Waals surface area contributed by atoms with Crippen molar-refractivity contribution in [1.29, 1.82) is 0 Å². The standard InChI is InChI=1S/C14H13ClN2S/c15-12-7-4-8-13(9-12)17-14(16)18-10-11-5-2-1-3-6-11/h1-9H,10H2,(H2,16,17). The van der Waals surface area contributed by atoms with Crippen LogP contribution >= 0.6 is 23.4 Å². The quantitative estimate of drug-likeness (QED) is 0.673. The lowest BCUT2D eigenvalue weighted by Gasteiger charge is -2.01. The van der Waals surface area contributed by atoms with Gasteiger partial charge in [-0.05, 0) is 23.8 Å². The highest BCUT2D eigenvalue weighted by atomic mass is 35.5. The Morgan fingerprint density at radius 1 is 1.11 bits per heavy atom. The van der Waals surface area contributed by atoms with Crippen LogP contribution in [0.25, 0.3) is 0 Å². The molecule has 0 aromatic heterocycles. The van der Waals surface area contributed by atoms with Gasteiger partial charge in [0.05, 0.1) is 5.69 Å². The van der Waals surface area contributed by atoms with Crippen molar-refractivity contribution in [3.05, 3.63) is 65.2 Å². The summed E-state index contributed by atoms with van der Waals surface area (Å²) in [6, 6.07) is 17.5. The first kappa shape index (κ1) is 13.0. The molecule has 0 fully saturated rings. The van der Waals surface area contributed by atoms with Crippen molar-refractivity contribution in [2.24, 2.45) is 10.7 Å². The third-order valence-corrected chi connectivity index (χ3v) is 3.38. The number of amidine groups is 1. The molecule has 0 amide bonds. The van der Waals surface area contributed by atoms with Crippen LogP contribution in [0.4, 0.5) is 5.69 Å². The summed E-state index contributed by atoms with van der Waals surface area (Å²) in [7, 11) is 0. The minimum absolute atomic E-state index is 0.543. The van der Waals surface area contributed by atoms with E-state index in [4.69, 9.17) is 17.3 Å². The Morgan fingerprint density at radius 2 is 1.89 bits per heavy atom. The molecule has 0 unspecified atom stereocenters. The molecule has 2 N–H and O–H groups in total. The molecule has 0 aliphatic rings. The van der Waals surface area contributed by atoms with E-state index in [0.717, 1.165) is 11.4 Å². The van der Waals surface area contributed by atoms with Gasteiger partial charge in [0.1, 0.15) is 0 Å². The van der Waals surface area contributed by atoms with E-state index in [-0.39, 0.29) is 0 Å². The molecule has 0 aliphatic heterocycles. The lowest BCUT2D eigenvalue weighted by molar-refractivity contribution is 1.42. The van der Waals surface area contributed by atoms with Crippen LogP contribution in [0, 0.1) is 0 Å². The Bertz CT molecular complexity index is 541. The van der Waals surface area contributed by atoms with Crippen molar-refractivity contribution >= 4 is 34.2 Å². The van der Waals surface area contributed by atoms with Crippen molar-refractivity contribution in [1.82, 2.24) is 0 Å². The number of nitrogens with zero attached hydrogens (tertiary/aromatic N) is 1. The van der Waals surface area contributed by atoms with Crippen molar-refractivity contribution in [3.8, 4) is 0 Å². The molecule has 2 rings (SSSR count). The first-order valence-electron chi connectivity index (χ1n) is 5.50. The van der Waals surface area contributed by atoms with Gasteiger partial charge in [-0.15, -0.1) is 0 Å². The van der Waals surface area contributed by atoms with E-state index >= 15 is 0 Å². The smallest absolute Gasteiger partial charge is 0.159 e. The molecule has 0 radical (unpaired) electrons. The Kier molecular flexibility index (Phi) is 4.67. The first-order chi connectivity index (χ1) is 8.74. The zero-order valence-corrected chi connectivity index (χ0v) is 11.3. The van der Waals surface area contributed by atoms with Crippen molar-refractivity contribution in [2.45, 2.75) is 5.75 Å². The monoisotopic (exact) mass is 276 g/mol. The van der Waals surface area contributed by atoms with Crippen LogP contribution in [-0.4, -0.2) is 5.17 Å². The molecular weight excluding hydrogens is 264 g/mol. The Morgan fingerprint density at radius 3 is 2.61 bits per heavy atom. The summed E-state index contributed by atoms with van der Waals surface area (Å²) < 4.78 is 0. The molecular formula is C14H13ClN2S. The van der Waals surface area contributed by atoms with E-state index in [1.54, 1.807) is 6.07 Å². The molecule has 0 aliphatic carbocycles. The molecule has 92 valence electrons. The molecule has 4 heteroatoms. The molecule has 0 saturated heterocycles. The van der Waals surface area contributed by atoms with Crippen LogP contribution < -0.4 is 5.73 Å². The van der Waals surface area contributed by atoms with Gasteiger partial charge < -0.3 is 5.73 Å². The number of hydrogen-bond acceptors (Lipinski definition) is 2. The predicted octanol–water partition coefficient (Wildman–Crippen LogP) is 4.22. The lowest BCUT2D eigenvalue weighted by atomic mass is 10.2. The average Bonchev–Trinajstić information content (AvgIpc) is 2.38. The minimum Gasteiger partial charge on any atom is -0.378 e. The highest BCUT2D eigenvalue weighted by Gasteiger charge is 1.98. The van der Waals surface area contributed by atoms with Gasteiger partial charge in [0.2, 0.25) is 0 Å². The van der Waals surface area contributed by atoms with Crippen molar-refractivity contribution in [3.63, 3.8) is 0 Å². The zero-order chi connectivity index (χ0) is 12.8. The fourth-order valence-corrected chi connectivity index (χ4v) is 2.30. The second kappa shape index (κ2) is 6.47. The topological polar surface area (TPSA) is 38.4 Å². The van der Waals surface area contributed by atoms with Crippen LogP contribution in [0.3, 0.4) is 0 Å². The van der Waals surface area contributed by atoms with E-state index in [1.165, 1.54) is 17.3 Å². The summed E-state index contributed by atoms with van der Waals surface area (Å²) in [5, 5.41) is 1.21. The van der Waals surface area contributed by atoms with Crippen LogP contribution in [0.15, 0.2) is 59.6 Å². The molecule has 0 bridgehead atoms. The van der Waals surface area contributed by atoms with E-state index in [0.29, 0.717) is 10.2 Å². The van der Waals surface area contributed by atoms with Gasteiger partial charge in [-0.25, -0.2) is 4.99 Å². The number of hydrogen-bond donors (Lipinski definition) is 1. The van der Waals surface area contributed by atoms with E-state index < -0.39 is 0 Å². The van der Waals surface area contributed by atoms with Crippen LogP contribution in [0.1, 0.15) is 5.56 Å². The third-order valence-electron chi connectivity index (χ3n) is 2.28. The highest BCUT2D eigenvalue weighted by molar-refractivity contribution is 8.13. The van der Waals surface area contributed by atoms with Gasteiger partial charge in [-0.2, -0.15) is 0 Å². The second-order valence-corrected chi connectivity index (χ2v) is 5.14. The first-order valence-corrected chi connectivity index (χ1v) is 6.87. The van der Waals surface area contributed by atoms with Gasteiger partial charge in [-0.1, -0.05) is 59.8 Å². The summed E-state index contributed by atoms with van der Waals surface area (Å²) >= 11 is 7.40. The summed E-state index contributed by atoms with van der Waals surface area (Å²) in [6.45, 7) is 0. The van der Waals surface area contributed by atoms with Gasteiger partial charge in [0.15, 0.2) is 5.17 Å². The molecule has 18 heavy (non-hydrogen) atoms. The van der Waals surface area contributed by atoms with Crippen LogP contribution in [-0.2, 0) is 5.75 Å². The number of benzene rings is 2. The van der Waals surface area contributed by atoms with Gasteiger partial charge in [0, 0.05) is 10.8 Å². The van der Waals surface area contributed by atoms with E-state index in [2.05, 4.69) is 17.1 Å². The summed E-state index contributed by atoms with van der Waals surface area (Å²) in [5.74, 6) is 0.816. The summed E-state index contributed by atoms with van der Waals surface area (Å²) in [4.78, 5) is 4.31. The number of halogens is 1. The third kappa shape index (κ3) is 4.09. The Balaban J connectivity index is 1.97. The van der Waals surface area contributed by atoms with Gasteiger partial charge in [0.25, 0.3) is 0 Å². The summed E-state index contributed by atoms with van der Waals surface area (Å²) in [5.41, 5.74) is 7.88. The molecule has 0 atom stereocenters. The van der Waals surface area contributed by atoms with Crippen LogP contribution in [0.5, 0.6) is 0 Å². The fourth-order valence-electron chi connectivity index (χ4n) is 1.44. The Hall–Kier alpha value is -1.45. The lowest BCUT2D eigenvalue weighted by Crippen LogP contribution is -2.06. The average molecular weight is 277 g/mol. The highest BCUT2D eigenvalue weighted by Crippen LogP contribution is 2.20. The van der Waals surface area contributed by atoms with Crippen molar-refractivity contribution < 1.29 is 0 Å². The number of rotatable bonds is 3. The zero-order valence-electron chi connectivity index (χ0n) is 9.71. The number of aliphatic imine (C=N–C) groups is 1. The maximum absolute atomic E-state index is 5.88. The molecule has 0 saturated carbocycles. The SMILES string of the molecule is NC(=Nc1cccc(Cl)c1)SCc1ccccc1. The van der Waals surface area contributed by atoms with Gasteiger partial charge >= 0.3 is 0 Å². The Labute approximate surface area is 116 Å². The molecule has 0 heterocycles. The largest absolute Gasteiger partial charge is 0.378 e. The minimum atomic E-state index is 0.543. The van der Waals surface area contributed by atoms with Crippen molar-refractivity contribution in [2.75, 3.05) is 0 Å². The molecule has 2 aromatic rings. The fraction of sp³-hybridized carbons (Fsp3) is 0.0714. The summed E-state index contributed by atoms with van der Waals surface area (Å²) in [6.07, 6.45) is 0. The van der Waals surface area contributed by atoms with E-state index in [9.17, 15) is 0 Å². The number of thioether (sulfide) groups is 1. The maximum atomic E-state index is 5.88. The van der Waals surface area contributed by atoms with Crippen LogP contribution in [0.2, 0.25) is 5.02 Å². The number of nitrogens with two attached hydrogens (primary N) is 1.